The Hall–Kier alpha value is -2.53. The van der Waals surface area contributed by atoms with Gasteiger partial charge in [-0.05, 0) is 42.5 Å². The number of aromatic amines is 1. The minimum absolute atomic E-state index is 0.0340. The summed E-state index contributed by atoms with van der Waals surface area (Å²) in [6.45, 7) is 1.04. The van der Waals surface area contributed by atoms with Crippen LogP contribution in [0.4, 0.5) is 4.39 Å². The predicted octanol–water partition coefficient (Wildman–Crippen LogP) is 3.92. The molecule has 0 saturated heterocycles. The van der Waals surface area contributed by atoms with Crippen molar-refractivity contribution in [2.24, 2.45) is 0 Å². The van der Waals surface area contributed by atoms with Crippen molar-refractivity contribution >= 4 is 28.4 Å². The molecule has 2 aromatic carbocycles. The smallest absolute Gasteiger partial charge is 0.260 e. The van der Waals surface area contributed by atoms with Crippen LogP contribution in [0.2, 0.25) is 5.02 Å². The summed E-state index contributed by atoms with van der Waals surface area (Å²) in [6.07, 6.45) is 0.721. The third-order valence-corrected chi connectivity index (χ3v) is 4.72. The fraction of sp³-hybridized carbons (Fsp3) is 0.211. The van der Waals surface area contributed by atoms with E-state index in [9.17, 15) is 9.18 Å². The molecule has 0 bridgehead atoms. The topological polar surface area (TPSA) is 45.3 Å². The first-order valence-corrected chi connectivity index (χ1v) is 8.43. The molecule has 1 aliphatic rings. The van der Waals surface area contributed by atoms with Crippen LogP contribution in [0.1, 0.15) is 11.3 Å². The monoisotopic (exact) mass is 358 g/mol. The average Bonchev–Trinajstić information content (AvgIpc) is 2.98. The van der Waals surface area contributed by atoms with Crippen molar-refractivity contribution in [1.29, 1.82) is 0 Å². The Labute approximate surface area is 149 Å². The number of carbonyl (C=O) groups excluding carboxylic acids is 1. The zero-order valence-corrected chi connectivity index (χ0v) is 14.1. The molecule has 0 radical (unpaired) electrons. The maximum atomic E-state index is 13.6. The second kappa shape index (κ2) is 6.41. The molecule has 4 nitrogen and oxygen atoms in total. The summed E-state index contributed by atoms with van der Waals surface area (Å²) in [5.41, 5.74) is 2.96. The van der Waals surface area contributed by atoms with Gasteiger partial charge in [-0.15, -0.1) is 0 Å². The molecule has 2 heterocycles. The van der Waals surface area contributed by atoms with Gasteiger partial charge in [-0.2, -0.15) is 0 Å². The van der Waals surface area contributed by atoms with Crippen LogP contribution < -0.4 is 4.74 Å². The molecule has 1 amide bonds. The number of rotatable bonds is 3. The van der Waals surface area contributed by atoms with Crippen molar-refractivity contribution in [2.45, 2.75) is 13.0 Å². The lowest BCUT2D eigenvalue weighted by atomic mass is 10.0. The quantitative estimate of drug-likeness (QED) is 0.771. The molecular weight excluding hydrogens is 343 g/mol. The Morgan fingerprint density at radius 3 is 2.84 bits per heavy atom. The Balaban J connectivity index is 1.47. The van der Waals surface area contributed by atoms with E-state index in [4.69, 9.17) is 16.3 Å². The third kappa shape index (κ3) is 3.20. The maximum absolute atomic E-state index is 13.6. The van der Waals surface area contributed by atoms with Crippen LogP contribution in [0, 0.1) is 5.82 Å². The van der Waals surface area contributed by atoms with Gasteiger partial charge in [0.15, 0.2) is 6.61 Å². The Morgan fingerprint density at radius 2 is 2.04 bits per heavy atom. The highest BCUT2D eigenvalue weighted by Gasteiger charge is 2.24. The van der Waals surface area contributed by atoms with Gasteiger partial charge in [0.25, 0.3) is 5.91 Å². The van der Waals surface area contributed by atoms with E-state index < -0.39 is 0 Å². The molecule has 1 aliphatic heterocycles. The predicted molar refractivity (Wildman–Crippen MR) is 94.3 cm³/mol. The molecule has 0 atom stereocenters. The molecule has 0 saturated carbocycles. The van der Waals surface area contributed by atoms with E-state index in [-0.39, 0.29) is 18.3 Å². The van der Waals surface area contributed by atoms with Gasteiger partial charge in [0.1, 0.15) is 11.6 Å². The number of fused-ring (bicyclic) bond motifs is 3. The molecular formula is C19H16ClFN2O2. The Kier molecular flexibility index (Phi) is 4.09. The number of H-pyrrole nitrogens is 1. The molecule has 0 spiro atoms. The second-order valence-electron chi connectivity index (χ2n) is 6.08. The number of nitrogens with one attached hydrogen (secondary N) is 1. The number of ether oxygens (including phenoxy) is 1. The number of hydrogen-bond donors (Lipinski definition) is 1. The van der Waals surface area contributed by atoms with E-state index >= 15 is 0 Å². The Morgan fingerprint density at radius 1 is 1.24 bits per heavy atom. The highest BCUT2D eigenvalue weighted by molar-refractivity contribution is 6.30. The van der Waals surface area contributed by atoms with E-state index in [2.05, 4.69) is 4.98 Å². The number of halogens is 2. The normalized spacial score (nSPS) is 13.8. The van der Waals surface area contributed by atoms with Gasteiger partial charge >= 0.3 is 0 Å². The van der Waals surface area contributed by atoms with Gasteiger partial charge < -0.3 is 14.6 Å². The molecule has 6 heteroatoms. The molecule has 0 unspecified atom stereocenters. The summed E-state index contributed by atoms with van der Waals surface area (Å²) >= 11 is 5.83. The first-order valence-electron chi connectivity index (χ1n) is 8.05. The van der Waals surface area contributed by atoms with Gasteiger partial charge in [0.2, 0.25) is 0 Å². The molecule has 4 rings (SSSR count). The zero-order chi connectivity index (χ0) is 17.4. The average molecular weight is 359 g/mol. The first-order chi connectivity index (χ1) is 12.1. The number of carbonyl (C=O) groups is 1. The lowest BCUT2D eigenvalue weighted by Gasteiger charge is -2.27. The minimum Gasteiger partial charge on any atom is -0.484 e. The van der Waals surface area contributed by atoms with Crippen LogP contribution in [0.25, 0.3) is 10.9 Å². The van der Waals surface area contributed by atoms with E-state index in [1.54, 1.807) is 35.2 Å². The van der Waals surface area contributed by atoms with Gasteiger partial charge in [-0.1, -0.05) is 11.6 Å². The summed E-state index contributed by atoms with van der Waals surface area (Å²) in [4.78, 5) is 17.5. The highest BCUT2D eigenvalue weighted by Crippen LogP contribution is 2.28. The van der Waals surface area contributed by atoms with Crippen LogP contribution in [0.5, 0.6) is 5.75 Å². The Bertz CT molecular complexity index is 936. The van der Waals surface area contributed by atoms with E-state index in [0.717, 1.165) is 28.6 Å². The van der Waals surface area contributed by atoms with Crippen molar-refractivity contribution in [3.05, 3.63) is 64.6 Å². The highest BCUT2D eigenvalue weighted by atomic mass is 35.5. The largest absolute Gasteiger partial charge is 0.484 e. The molecule has 0 aliphatic carbocycles. The second-order valence-corrected chi connectivity index (χ2v) is 6.52. The number of amides is 1. The number of aromatic nitrogens is 1. The fourth-order valence-electron chi connectivity index (χ4n) is 3.17. The standard InChI is InChI=1S/C19H16ClFN2O2/c20-12-1-4-14(5-2-12)25-11-19(24)23-8-7-18-16(10-23)15-9-13(21)3-6-17(15)22-18/h1-6,9,22H,7-8,10-11H2. The molecule has 3 aromatic rings. The van der Waals surface area contributed by atoms with Crippen molar-refractivity contribution in [3.8, 4) is 5.75 Å². The molecule has 1 N–H and O–H groups in total. The fourth-order valence-corrected chi connectivity index (χ4v) is 3.29. The van der Waals surface area contributed by atoms with Crippen molar-refractivity contribution in [1.82, 2.24) is 9.88 Å². The summed E-state index contributed by atoms with van der Waals surface area (Å²) in [5, 5.41) is 1.46. The molecule has 0 fully saturated rings. The SMILES string of the molecule is O=C(COc1ccc(Cl)cc1)N1CCc2[nH]c3ccc(F)cc3c2C1. The van der Waals surface area contributed by atoms with Crippen LogP contribution in [0.15, 0.2) is 42.5 Å². The van der Waals surface area contributed by atoms with Crippen LogP contribution in [-0.4, -0.2) is 28.9 Å². The summed E-state index contributed by atoms with van der Waals surface area (Å²) in [6, 6.07) is 11.6. The number of hydrogen-bond acceptors (Lipinski definition) is 2. The van der Waals surface area contributed by atoms with Crippen LogP contribution in [-0.2, 0) is 17.8 Å². The van der Waals surface area contributed by atoms with Crippen molar-refractivity contribution in [3.63, 3.8) is 0 Å². The number of nitrogens with zero attached hydrogens (tertiary/aromatic N) is 1. The van der Waals surface area contributed by atoms with Crippen LogP contribution >= 0.6 is 11.6 Å². The van der Waals surface area contributed by atoms with Gasteiger partial charge in [0, 0.05) is 46.7 Å². The third-order valence-electron chi connectivity index (χ3n) is 4.47. The first kappa shape index (κ1) is 16.0. The van der Waals surface area contributed by atoms with E-state index in [1.807, 2.05) is 0 Å². The maximum Gasteiger partial charge on any atom is 0.260 e. The van der Waals surface area contributed by atoms with E-state index in [0.29, 0.717) is 23.9 Å². The van der Waals surface area contributed by atoms with Gasteiger partial charge in [-0.25, -0.2) is 4.39 Å². The van der Waals surface area contributed by atoms with Gasteiger partial charge in [-0.3, -0.25) is 4.79 Å². The molecule has 25 heavy (non-hydrogen) atoms. The van der Waals surface area contributed by atoms with E-state index in [1.165, 1.54) is 12.1 Å². The number of benzene rings is 2. The van der Waals surface area contributed by atoms with Crippen molar-refractivity contribution < 1.29 is 13.9 Å². The van der Waals surface area contributed by atoms with Crippen molar-refractivity contribution in [2.75, 3.05) is 13.2 Å². The summed E-state index contributed by atoms with van der Waals surface area (Å²) in [7, 11) is 0. The summed E-state index contributed by atoms with van der Waals surface area (Å²) in [5.74, 6) is 0.236. The molecule has 128 valence electrons. The van der Waals surface area contributed by atoms with Gasteiger partial charge in [0.05, 0.1) is 0 Å². The van der Waals surface area contributed by atoms with Crippen LogP contribution in [0.3, 0.4) is 0 Å². The molecule has 1 aromatic heterocycles. The lowest BCUT2D eigenvalue weighted by molar-refractivity contribution is -0.134. The zero-order valence-electron chi connectivity index (χ0n) is 13.4. The summed E-state index contributed by atoms with van der Waals surface area (Å²) < 4.78 is 19.1. The lowest BCUT2D eigenvalue weighted by Crippen LogP contribution is -2.38. The minimum atomic E-state index is -0.274.